The van der Waals surface area contributed by atoms with Crippen LogP contribution in [0.5, 0.6) is 0 Å². The molecule has 1 aliphatic rings. The van der Waals surface area contributed by atoms with Crippen LogP contribution >= 0.6 is 0 Å². The van der Waals surface area contributed by atoms with Gasteiger partial charge in [-0.25, -0.2) is 0 Å². The van der Waals surface area contributed by atoms with Crippen LogP contribution in [-0.4, -0.2) is 85.4 Å². The number of amides is 2. The maximum absolute atomic E-state index is 13.5. The highest BCUT2D eigenvalue weighted by molar-refractivity contribution is 5.84. The number of esters is 2. The number of hydrogen-bond donors (Lipinski definition) is 1. The summed E-state index contributed by atoms with van der Waals surface area (Å²) in [6.45, 7) is 14.0. The molecule has 59 heavy (non-hydrogen) atoms. The molecule has 1 aliphatic heterocycles. The summed E-state index contributed by atoms with van der Waals surface area (Å²) in [6.07, 6.45) is 29.8. The van der Waals surface area contributed by atoms with Crippen molar-refractivity contribution in [1.29, 1.82) is 0 Å². The minimum Gasteiger partial charge on any atom is -0.463 e. The van der Waals surface area contributed by atoms with Gasteiger partial charge < -0.3 is 29.2 Å². The molecule has 1 unspecified atom stereocenters. The van der Waals surface area contributed by atoms with Crippen molar-refractivity contribution >= 4 is 23.8 Å². The van der Waals surface area contributed by atoms with Crippen LogP contribution in [0.4, 0.5) is 0 Å². The molecule has 0 saturated carbocycles. The summed E-state index contributed by atoms with van der Waals surface area (Å²) in [5, 5.41) is 2.94. The van der Waals surface area contributed by atoms with E-state index < -0.39 is 17.7 Å². The minimum absolute atomic E-state index is 0.0287. The second-order valence-corrected chi connectivity index (χ2v) is 18.3. The second kappa shape index (κ2) is 34.4. The predicted molar refractivity (Wildman–Crippen MR) is 240 cm³/mol. The molecule has 0 aromatic carbocycles. The largest absolute Gasteiger partial charge is 0.463 e. The molecule has 10 heteroatoms. The molecule has 10 nitrogen and oxygen atoms in total. The Kier molecular flexibility index (Phi) is 32.0. The van der Waals surface area contributed by atoms with Crippen molar-refractivity contribution in [3.63, 3.8) is 0 Å². The van der Waals surface area contributed by atoms with E-state index in [9.17, 15) is 19.2 Å². The number of carbonyl (C=O) groups excluding carboxylic acids is 4. The summed E-state index contributed by atoms with van der Waals surface area (Å²) in [6, 6.07) is -0.391. The Bertz CT molecular complexity index is 1090. The van der Waals surface area contributed by atoms with E-state index in [2.05, 4.69) is 33.0 Å². The van der Waals surface area contributed by atoms with E-state index in [1.54, 1.807) is 12.0 Å². The molecule has 0 aliphatic carbocycles. The second-order valence-electron chi connectivity index (χ2n) is 18.3. The molecule has 0 aromatic rings. The normalized spacial score (nSPS) is 16.6. The summed E-state index contributed by atoms with van der Waals surface area (Å²) in [5.74, 6) is -0.890. The maximum Gasteiger partial charge on any atom is 0.306 e. The van der Waals surface area contributed by atoms with E-state index in [0.717, 1.165) is 51.4 Å². The zero-order valence-electron chi connectivity index (χ0n) is 39.4. The lowest BCUT2D eigenvalue weighted by atomic mass is 9.99. The Morgan fingerprint density at radius 1 is 0.627 bits per heavy atom. The van der Waals surface area contributed by atoms with Gasteiger partial charge in [-0.15, -0.1) is 0 Å². The van der Waals surface area contributed by atoms with Gasteiger partial charge in [-0.05, 0) is 52.9 Å². The summed E-state index contributed by atoms with van der Waals surface area (Å²) in [5.41, 5.74) is -0.633. The lowest BCUT2D eigenvalue weighted by Gasteiger charge is -2.30. The monoisotopic (exact) mass is 837 g/mol. The number of nitrogens with one attached hydrogen (secondary N) is 1. The Balaban J connectivity index is 2.54. The predicted octanol–water partition coefficient (Wildman–Crippen LogP) is 11.7. The molecule has 346 valence electrons. The van der Waals surface area contributed by atoms with Crippen molar-refractivity contribution in [2.75, 3.05) is 33.4 Å². The zero-order valence-corrected chi connectivity index (χ0v) is 39.4. The lowest BCUT2D eigenvalue weighted by Crippen LogP contribution is -2.40. The zero-order chi connectivity index (χ0) is 43.6. The molecule has 0 radical (unpaired) electrons. The minimum atomic E-state index is -0.454. The van der Waals surface area contributed by atoms with Crippen molar-refractivity contribution in [3.8, 4) is 0 Å². The quantitative estimate of drug-likeness (QED) is 0.0480. The van der Waals surface area contributed by atoms with Gasteiger partial charge in [0.25, 0.3) is 0 Å². The first-order valence-corrected chi connectivity index (χ1v) is 24.5. The molecule has 1 saturated heterocycles. The first-order valence-electron chi connectivity index (χ1n) is 24.5. The van der Waals surface area contributed by atoms with Gasteiger partial charge in [0.1, 0.15) is 12.7 Å². The van der Waals surface area contributed by atoms with Gasteiger partial charge in [0.05, 0.1) is 30.4 Å². The highest BCUT2D eigenvalue weighted by Crippen LogP contribution is 2.25. The molecule has 0 bridgehead atoms. The molecule has 1 heterocycles. The number of ether oxygens (including phenoxy) is 4. The first-order chi connectivity index (χ1) is 28.4. The number of likely N-dealkylation sites (tertiary alicyclic amines) is 1. The van der Waals surface area contributed by atoms with Crippen LogP contribution in [0.15, 0.2) is 0 Å². The van der Waals surface area contributed by atoms with E-state index in [1.807, 2.05) is 13.8 Å². The van der Waals surface area contributed by atoms with E-state index in [-0.39, 0.29) is 55.3 Å². The number of nitrogens with zero attached hydrogens (tertiary/aromatic N) is 1. The van der Waals surface area contributed by atoms with Gasteiger partial charge in [0, 0.05) is 45.8 Å². The summed E-state index contributed by atoms with van der Waals surface area (Å²) >= 11 is 0. The van der Waals surface area contributed by atoms with Crippen LogP contribution in [-0.2, 0) is 38.1 Å². The van der Waals surface area contributed by atoms with Gasteiger partial charge in [0.15, 0.2) is 0 Å². The number of hydrogen-bond acceptors (Lipinski definition) is 8. The van der Waals surface area contributed by atoms with Crippen LogP contribution in [0, 0.1) is 0 Å². The van der Waals surface area contributed by atoms with E-state index in [1.165, 1.54) is 103 Å². The standard InChI is InChI=1S/C49H92N2O8/c1-8-11-13-15-17-19-21-23-25-27-29-31-46(54)57-41-42-39-43(59-47(55)32-30-28-26-24-22-20-18-16-14-12-9-2)40-51(42)45(53)34-33-44(52)50-37-35-48(4,5)58-38-36-49(6,10-3)56-7/h42-43H,8-41H2,1-7H3,(H,50,52)/t42-,43+,49?/m0/s1. The summed E-state index contributed by atoms with van der Waals surface area (Å²) in [4.78, 5) is 53.5. The van der Waals surface area contributed by atoms with Crippen LogP contribution in [0.2, 0.25) is 0 Å². The third-order valence-electron chi connectivity index (χ3n) is 12.4. The smallest absolute Gasteiger partial charge is 0.306 e. The number of unbranched alkanes of at least 4 members (excludes halogenated alkanes) is 20. The van der Waals surface area contributed by atoms with Crippen molar-refractivity contribution in [2.45, 2.75) is 258 Å². The third kappa shape index (κ3) is 28.9. The molecular formula is C49H92N2O8. The summed E-state index contributed by atoms with van der Waals surface area (Å²) in [7, 11) is 1.72. The van der Waals surface area contributed by atoms with Crippen LogP contribution in [0.25, 0.3) is 0 Å². The SMILES string of the molecule is CCCCCCCCCCCCCC(=O)OC[C@@H]1C[C@@H](OC(=O)CCCCCCCCCCCCC)CN1C(=O)CCC(=O)NCCC(C)(C)OCCC(C)(CC)OC. The highest BCUT2D eigenvalue weighted by Gasteiger charge is 2.38. The Labute approximate surface area is 362 Å². The Morgan fingerprint density at radius 3 is 1.61 bits per heavy atom. The van der Waals surface area contributed by atoms with Gasteiger partial charge in [0.2, 0.25) is 11.8 Å². The number of methoxy groups -OCH3 is 1. The van der Waals surface area contributed by atoms with Gasteiger partial charge >= 0.3 is 11.9 Å². The highest BCUT2D eigenvalue weighted by atomic mass is 16.5. The van der Waals surface area contributed by atoms with Crippen molar-refractivity contribution in [1.82, 2.24) is 10.2 Å². The topological polar surface area (TPSA) is 120 Å². The van der Waals surface area contributed by atoms with Gasteiger partial charge in [-0.1, -0.05) is 149 Å². The Morgan fingerprint density at radius 2 is 1.12 bits per heavy atom. The average molecular weight is 837 g/mol. The Hall–Kier alpha value is -2.20. The number of carbonyl (C=O) groups is 4. The molecule has 0 spiro atoms. The fourth-order valence-electron chi connectivity index (χ4n) is 7.79. The molecule has 2 amide bonds. The fraction of sp³-hybridized carbons (Fsp3) is 0.918. The van der Waals surface area contributed by atoms with Crippen LogP contribution in [0.1, 0.15) is 234 Å². The average Bonchev–Trinajstić information content (AvgIpc) is 3.62. The summed E-state index contributed by atoms with van der Waals surface area (Å²) < 4.78 is 23.3. The van der Waals surface area contributed by atoms with Gasteiger partial charge in [-0.2, -0.15) is 0 Å². The van der Waals surface area contributed by atoms with Crippen LogP contribution < -0.4 is 5.32 Å². The third-order valence-corrected chi connectivity index (χ3v) is 12.4. The first kappa shape index (κ1) is 54.8. The molecule has 1 fully saturated rings. The van der Waals surface area contributed by atoms with Crippen molar-refractivity contribution in [2.24, 2.45) is 0 Å². The van der Waals surface area contributed by atoms with Crippen LogP contribution in [0.3, 0.4) is 0 Å². The fourth-order valence-corrected chi connectivity index (χ4v) is 7.79. The molecular weight excluding hydrogens is 745 g/mol. The molecule has 0 aromatic heterocycles. The number of rotatable bonds is 39. The van der Waals surface area contributed by atoms with Gasteiger partial charge in [-0.3, -0.25) is 19.2 Å². The molecule has 1 rings (SSSR count). The van der Waals surface area contributed by atoms with Crippen molar-refractivity contribution in [3.05, 3.63) is 0 Å². The van der Waals surface area contributed by atoms with E-state index >= 15 is 0 Å². The molecule has 3 atom stereocenters. The maximum atomic E-state index is 13.5. The van der Waals surface area contributed by atoms with Crippen molar-refractivity contribution < 1.29 is 38.1 Å². The lowest BCUT2D eigenvalue weighted by molar-refractivity contribution is -0.149. The molecule has 1 N–H and O–H groups in total. The van der Waals surface area contributed by atoms with E-state index in [0.29, 0.717) is 38.8 Å². The van der Waals surface area contributed by atoms with E-state index in [4.69, 9.17) is 18.9 Å².